The van der Waals surface area contributed by atoms with E-state index in [2.05, 4.69) is 5.43 Å². The van der Waals surface area contributed by atoms with Crippen molar-refractivity contribution < 1.29 is 27.5 Å². The largest absolute Gasteiger partial charge is 0.483 e. The van der Waals surface area contributed by atoms with E-state index in [0.717, 1.165) is 5.56 Å². The van der Waals surface area contributed by atoms with E-state index in [1.165, 1.54) is 0 Å². The minimum Gasteiger partial charge on any atom is -0.483 e. The number of Topliss-reactive ketones (excluding diaryl/α,β-unsaturated/α-hetero) is 1. The third-order valence-electron chi connectivity index (χ3n) is 6.11. The lowest BCUT2D eigenvalue weighted by Gasteiger charge is -2.26. The Morgan fingerprint density at radius 2 is 1.72 bits per heavy atom. The monoisotopic (exact) mass is 512 g/mol. The fraction of sp³-hybridized carbons (Fsp3) is 0.320. The molecule has 2 aromatic carbocycles. The lowest BCUT2D eigenvalue weighted by atomic mass is 10.0. The van der Waals surface area contributed by atoms with Gasteiger partial charge in [-0.25, -0.2) is 13.4 Å². The van der Waals surface area contributed by atoms with Crippen molar-refractivity contribution >= 4 is 38.3 Å². The maximum atomic E-state index is 12.9. The highest BCUT2D eigenvalue weighted by Crippen LogP contribution is 2.35. The highest BCUT2D eigenvalue weighted by atomic mass is 32.2. The number of primary amides is 1. The Hall–Kier alpha value is -3.70. The van der Waals surface area contributed by atoms with E-state index in [4.69, 9.17) is 10.5 Å². The summed E-state index contributed by atoms with van der Waals surface area (Å²) in [6.07, 6.45) is 0.466. The summed E-state index contributed by atoms with van der Waals surface area (Å²) in [6.45, 7) is 2.39. The van der Waals surface area contributed by atoms with Crippen LogP contribution in [0.2, 0.25) is 0 Å². The molecule has 1 aliphatic rings. The van der Waals surface area contributed by atoms with Crippen LogP contribution in [-0.4, -0.2) is 66.8 Å². The van der Waals surface area contributed by atoms with Crippen LogP contribution in [-0.2, 0) is 32.4 Å². The number of ether oxygens (including phenoxy) is 1. The van der Waals surface area contributed by atoms with E-state index >= 15 is 0 Å². The Balaban J connectivity index is 1.65. The average molecular weight is 513 g/mol. The van der Waals surface area contributed by atoms with E-state index < -0.39 is 27.4 Å². The molecule has 1 fully saturated rings. The van der Waals surface area contributed by atoms with Gasteiger partial charge in [0.1, 0.15) is 5.75 Å². The molecule has 0 aliphatic carbocycles. The Kier molecular flexibility index (Phi) is 7.41. The number of carbonyl (C=O) groups excluding carboxylic acids is 3. The van der Waals surface area contributed by atoms with E-state index in [1.807, 2.05) is 47.9 Å². The first-order valence-electron chi connectivity index (χ1n) is 11.6. The van der Waals surface area contributed by atoms with E-state index in [9.17, 15) is 22.8 Å². The summed E-state index contributed by atoms with van der Waals surface area (Å²) >= 11 is 0. The maximum Gasteiger partial charge on any atom is 0.289 e. The fourth-order valence-electron chi connectivity index (χ4n) is 4.40. The normalized spacial score (nSPS) is 15.5. The predicted octanol–water partition coefficient (Wildman–Crippen LogP) is 1.06. The van der Waals surface area contributed by atoms with Crippen molar-refractivity contribution in [3.8, 4) is 5.75 Å². The quantitative estimate of drug-likeness (QED) is 0.323. The molecule has 3 N–H and O–H groups in total. The molecule has 1 aliphatic heterocycles. The van der Waals surface area contributed by atoms with Crippen molar-refractivity contribution in [3.05, 3.63) is 65.4 Å². The first-order chi connectivity index (χ1) is 17.2. The number of hydrazine groups is 1. The molecular weight excluding hydrogens is 484 g/mol. The molecule has 0 radical (unpaired) electrons. The van der Waals surface area contributed by atoms with Crippen LogP contribution in [0.3, 0.4) is 0 Å². The van der Waals surface area contributed by atoms with E-state index in [0.29, 0.717) is 29.6 Å². The number of aromatic nitrogens is 1. The number of fused-ring (bicyclic) bond motifs is 1. The second-order valence-corrected chi connectivity index (χ2v) is 10.9. The molecule has 2 heterocycles. The van der Waals surface area contributed by atoms with Crippen LogP contribution >= 0.6 is 0 Å². The van der Waals surface area contributed by atoms with Crippen molar-refractivity contribution in [2.24, 2.45) is 5.73 Å². The average Bonchev–Trinajstić information content (AvgIpc) is 3.17. The van der Waals surface area contributed by atoms with Gasteiger partial charge in [0.15, 0.2) is 16.4 Å². The number of carbonyl (C=O) groups is 3. The molecule has 0 spiro atoms. The molecule has 11 heteroatoms. The second kappa shape index (κ2) is 10.5. The molecule has 0 atom stereocenters. The van der Waals surface area contributed by atoms with Crippen molar-refractivity contribution in [2.75, 3.05) is 31.2 Å². The van der Waals surface area contributed by atoms with Gasteiger partial charge in [-0.05, 0) is 24.1 Å². The molecule has 36 heavy (non-hydrogen) atoms. The topological polar surface area (TPSA) is 141 Å². The summed E-state index contributed by atoms with van der Waals surface area (Å²) in [5.41, 5.74) is 10.5. The number of nitrogens with zero attached hydrogens (tertiary/aromatic N) is 2. The summed E-state index contributed by atoms with van der Waals surface area (Å²) in [7, 11) is -3.07. The number of rotatable bonds is 9. The van der Waals surface area contributed by atoms with Crippen LogP contribution in [0.1, 0.15) is 28.5 Å². The third-order valence-corrected chi connectivity index (χ3v) is 7.72. The Morgan fingerprint density at radius 3 is 2.36 bits per heavy atom. The predicted molar refractivity (Wildman–Crippen MR) is 134 cm³/mol. The van der Waals surface area contributed by atoms with Crippen molar-refractivity contribution in [2.45, 2.75) is 19.9 Å². The summed E-state index contributed by atoms with van der Waals surface area (Å²) in [6, 6.07) is 14.9. The molecule has 0 saturated carbocycles. The first-order valence-corrected chi connectivity index (χ1v) is 13.4. The molecular formula is C25H28N4O6S. The minimum atomic E-state index is -3.07. The standard InChI is InChI=1S/C25H28N4O6S/c1-2-18-23(24(31)25(26)32)22-19(29(18)15-17-7-4-3-5-8-17)9-6-10-20(22)35-16-21(30)27-28-11-13-36(33,34)14-12-28/h3-10H,2,11-16H2,1H3,(H2,26,32)(H,27,30). The van der Waals surface area contributed by atoms with E-state index in [1.54, 1.807) is 17.1 Å². The minimum absolute atomic E-state index is 0.0270. The number of amides is 2. The molecule has 190 valence electrons. The highest BCUT2D eigenvalue weighted by molar-refractivity contribution is 7.91. The SMILES string of the molecule is CCc1c(C(=O)C(N)=O)c2c(OCC(=O)NN3CCS(=O)(=O)CC3)cccc2n1Cc1ccccc1. The third kappa shape index (κ3) is 5.42. The number of nitrogens with two attached hydrogens (primary N) is 1. The molecule has 10 nitrogen and oxygen atoms in total. The van der Waals surface area contributed by atoms with Gasteiger partial charge >= 0.3 is 0 Å². The van der Waals surface area contributed by atoms with E-state index in [-0.39, 0.29) is 42.5 Å². The Morgan fingerprint density at radius 1 is 1.03 bits per heavy atom. The van der Waals surface area contributed by atoms with Crippen molar-refractivity contribution in [1.29, 1.82) is 0 Å². The zero-order valence-electron chi connectivity index (χ0n) is 19.9. The maximum absolute atomic E-state index is 12.9. The summed E-state index contributed by atoms with van der Waals surface area (Å²) in [5.74, 6) is -2.14. The van der Waals surface area contributed by atoms with Gasteiger partial charge in [-0.2, -0.15) is 0 Å². The van der Waals surface area contributed by atoms with Gasteiger partial charge in [0.25, 0.3) is 17.6 Å². The highest BCUT2D eigenvalue weighted by Gasteiger charge is 2.28. The van der Waals surface area contributed by atoms with Gasteiger partial charge in [0, 0.05) is 25.3 Å². The van der Waals surface area contributed by atoms with Gasteiger partial charge in [0.2, 0.25) is 0 Å². The molecule has 1 aromatic heterocycles. The second-order valence-electron chi connectivity index (χ2n) is 8.55. The zero-order valence-corrected chi connectivity index (χ0v) is 20.7. The number of benzene rings is 2. The summed E-state index contributed by atoms with van der Waals surface area (Å²) in [4.78, 5) is 37.4. The van der Waals surface area contributed by atoms with Crippen LogP contribution in [0.25, 0.3) is 10.9 Å². The number of hydrogen-bond donors (Lipinski definition) is 2. The van der Waals surface area contributed by atoms with Crippen LogP contribution in [0.5, 0.6) is 5.75 Å². The molecule has 3 aromatic rings. The Bertz CT molecular complexity index is 1400. The van der Waals surface area contributed by atoms with Crippen molar-refractivity contribution in [1.82, 2.24) is 15.0 Å². The number of ketones is 1. The van der Waals surface area contributed by atoms with Crippen LogP contribution in [0.4, 0.5) is 0 Å². The van der Waals surface area contributed by atoms with Crippen LogP contribution in [0, 0.1) is 0 Å². The summed E-state index contributed by atoms with van der Waals surface area (Å²) in [5, 5.41) is 1.96. The van der Waals surface area contributed by atoms with Gasteiger partial charge in [-0.15, -0.1) is 0 Å². The lowest BCUT2D eigenvalue weighted by molar-refractivity contribution is -0.127. The molecule has 4 rings (SSSR count). The number of nitrogens with one attached hydrogen (secondary N) is 1. The van der Waals surface area contributed by atoms with Gasteiger partial charge in [-0.3, -0.25) is 19.8 Å². The molecule has 1 saturated heterocycles. The van der Waals surface area contributed by atoms with Crippen LogP contribution < -0.4 is 15.9 Å². The summed E-state index contributed by atoms with van der Waals surface area (Å²) < 4.78 is 31.0. The van der Waals surface area contributed by atoms with Crippen molar-refractivity contribution in [3.63, 3.8) is 0 Å². The van der Waals surface area contributed by atoms with Gasteiger partial charge in [-0.1, -0.05) is 43.3 Å². The first kappa shape index (κ1) is 25.4. The Labute approximate surface area is 208 Å². The number of hydrogen-bond acceptors (Lipinski definition) is 7. The van der Waals surface area contributed by atoms with Gasteiger partial charge in [0.05, 0.1) is 28.0 Å². The smallest absolute Gasteiger partial charge is 0.289 e. The molecule has 2 amide bonds. The van der Waals surface area contributed by atoms with Crippen LogP contribution in [0.15, 0.2) is 48.5 Å². The lowest BCUT2D eigenvalue weighted by Crippen LogP contribution is -2.51. The zero-order chi connectivity index (χ0) is 25.9. The molecule has 0 unspecified atom stereocenters. The number of sulfone groups is 1. The molecule has 0 bridgehead atoms. The fourth-order valence-corrected chi connectivity index (χ4v) is 5.60. The van der Waals surface area contributed by atoms with Gasteiger partial charge < -0.3 is 15.0 Å².